The standard InChI is InChI=1S/C22H21N5OS2/c1-14-9-10-15(2)18(11-14)19-12-20(27(26-19)17-7-5-4-6-8-17)23-21(28)13-29-22-25-24-16(3)30-22/h4-12H,13H2,1-3H3,(H,23,28). The summed E-state index contributed by atoms with van der Waals surface area (Å²) in [5.41, 5.74) is 5.07. The van der Waals surface area contributed by atoms with Gasteiger partial charge >= 0.3 is 0 Å². The van der Waals surface area contributed by atoms with Gasteiger partial charge in [-0.1, -0.05) is 59.0 Å². The largest absolute Gasteiger partial charge is 0.310 e. The number of amides is 1. The zero-order valence-electron chi connectivity index (χ0n) is 16.9. The van der Waals surface area contributed by atoms with Gasteiger partial charge in [0.1, 0.15) is 10.8 Å². The van der Waals surface area contributed by atoms with Crippen molar-refractivity contribution >= 4 is 34.8 Å². The minimum Gasteiger partial charge on any atom is -0.310 e. The molecule has 4 rings (SSSR count). The van der Waals surface area contributed by atoms with E-state index in [4.69, 9.17) is 5.10 Å². The van der Waals surface area contributed by atoms with Gasteiger partial charge in [-0.2, -0.15) is 5.10 Å². The Bertz CT molecular complexity index is 1180. The molecule has 0 aliphatic heterocycles. The molecule has 0 atom stereocenters. The van der Waals surface area contributed by atoms with Crippen molar-refractivity contribution in [2.24, 2.45) is 0 Å². The van der Waals surface area contributed by atoms with Crippen LogP contribution in [0.15, 0.2) is 58.9 Å². The van der Waals surface area contributed by atoms with E-state index in [1.807, 2.05) is 43.3 Å². The van der Waals surface area contributed by atoms with E-state index < -0.39 is 0 Å². The first-order chi connectivity index (χ1) is 14.5. The Morgan fingerprint density at radius 2 is 1.87 bits per heavy atom. The Balaban J connectivity index is 1.63. The van der Waals surface area contributed by atoms with Gasteiger partial charge in [0, 0.05) is 11.6 Å². The minimum atomic E-state index is -0.113. The first-order valence-corrected chi connectivity index (χ1v) is 11.3. The number of hydrogen-bond acceptors (Lipinski definition) is 6. The fraction of sp³-hybridized carbons (Fsp3) is 0.182. The predicted octanol–water partition coefficient (Wildman–Crippen LogP) is 5.05. The molecular formula is C22H21N5OS2. The molecule has 2 aromatic heterocycles. The van der Waals surface area contributed by atoms with Gasteiger partial charge in [0.15, 0.2) is 4.34 Å². The molecule has 1 N–H and O–H groups in total. The van der Waals surface area contributed by atoms with Crippen molar-refractivity contribution in [2.75, 3.05) is 11.1 Å². The lowest BCUT2D eigenvalue weighted by Crippen LogP contribution is -2.16. The number of carbonyl (C=O) groups is 1. The molecule has 4 aromatic rings. The normalized spacial score (nSPS) is 10.9. The summed E-state index contributed by atoms with van der Waals surface area (Å²) < 4.78 is 2.56. The number of nitrogens with zero attached hydrogens (tertiary/aromatic N) is 4. The molecule has 1 amide bonds. The number of aromatic nitrogens is 4. The smallest absolute Gasteiger partial charge is 0.235 e. The van der Waals surface area contributed by atoms with Crippen molar-refractivity contribution in [1.82, 2.24) is 20.0 Å². The summed E-state index contributed by atoms with van der Waals surface area (Å²) in [5.74, 6) is 0.779. The fourth-order valence-electron chi connectivity index (χ4n) is 3.02. The van der Waals surface area contributed by atoms with E-state index in [0.29, 0.717) is 5.82 Å². The Labute approximate surface area is 183 Å². The van der Waals surface area contributed by atoms with Crippen LogP contribution in [0.3, 0.4) is 0 Å². The van der Waals surface area contributed by atoms with Gasteiger partial charge in [0.2, 0.25) is 5.91 Å². The summed E-state index contributed by atoms with van der Waals surface area (Å²) in [6, 6.07) is 18.0. The summed E-state index contributed by atoms with van der Waals surface area (Å²) in [5, 5.41) is 16.7. The van der Waals surface area contributed by atoms with Gasteiger partial charge in [-0.3, -0.25) is 4.79 Å². The lowest BCUT2D eigenvalue weighted by atomic mass is 10.0. The Morgan fingerprint density at radius 1 is 1.07 bits per heavy atom. The van der Waals surface area contributed by atoms with Crippen molar-refractivity contribution in [3.8, 4) is 16.9 Å². The average Bonchev–Trinajstić information content (AvgIpc) is 3.35. The average molecular weight is 436 g/mol. The molecule has 0 saturated heterocycles. The molecule has 0 bridgehead atoms. The quantitative estimate of drug-likeness (QED) is 0.429. The number of rotatable bonds is 6. The van der Waals surface area contributed by atoms with Crippen LogP contribution in [-0.4, -0.2) is 31.6 Å². The van der Waals surface area contributed by atoms with Crippen LogP contribution < -0.4 is 5.32 Å². The predicted molar refractivity (Wildman–Crippen MR) is 122 cm³/mol. The highest BCUT2D eigenvalue weighted by molar-refractivity contribution is 8.01. The molecule has 0 aliphatic rings. The Hall–Kier alpha value is -2.97. The van der Waals surface area contributed by atoms with Crippen molar-refractivity contribution in [1.29, 1.82) is 0 Å². The summed E-state index contributed by atoms with van der Waals surface area (Å²) in [6.45, 7) is 6.02. The zero-order valence-corrected chi connectivity index (χ0v) is 18.5. The van der Waals surface area contributed by atoms with Crippen molar-refractivity contribution in [3.63, 3.8) is 0 Å². The molecular weight excluding hydrogens is 414 g/mol. The van der Waals surface area contributed by atoms with Crippen molar-refractivity contribution < 1.29 is 4.79 Å². The minimum absolute atomic E-state index is 0.113. The van der Waals surface area contributed by atoms with Gasteiger partial charge in [-0.15, -0.1) is 10.2 Å². The summed E-state index contributed by atoms with van der Waals surface area (Å²) in [6.07, 6.45) is 0. The molecule has 8 heteroatoms. The molecule has 0 spiro atoms. The van der Waals surface area contributed by atoms with Gasteiger partial charge in [0.25, 0.3) is 0 Å². The maximum absolute atomic E-state index is 12.6. The summed E-state index contributed by atoms with van der Waals surface area (Å²) in [7, 11) is 0. The Kier molecular flexibility index (Phi) is 5.96. The number of thioether (sulfide) groups is 1. The molecule has 0 fully saturated rings. The maximum atomic E-state index is 12.6. The van der Waals surface area contributed by atoms with Crippen LogP contribution in [0.1, 0.15) is 16.1 Å². The lowest BCUT2D eigenvalue weighted by Gasteiger charge is -2.08. The van der Waals surface area contributed by atoms with E-state index in [-0.39, 0.29) is 11.7 Å². The molecule has 0 radical (unpaired) electrons. The number of para-hydroxylation sites is 1. The van der Waals surface area contributed by atoms with E-state index >= 15 is 0 Å². The monoisotopic (exact) mass is 435 g/mol. The molecule has 2 aromatic carbocycles. The van der Waals surface area contributed by atoms with E-state index in [0.717, 1.165) is 31.9 Å². The van der Waals surface area contributed by atoms with Crippen LogP contribution in [0, 0.1) is 20.8 Å². The summed E-state index contributed by atoms with van der Waals surface area (Å²) >= 11 is 2.86. The number of hydrogen-bond donors (Lipinski definition) is 1. The number of carbonyl (C=O) groups excluding carboxylic acids is 1. The van der Waals surface area contributed by atoms with E-state index in [2.05, 4.69) is 47.6 Å². The van der Waals surface area contributed by atoms with Gasteiger partial charge < -0.3 is 5.32 Å². The van der Waals surface area contributed by atoms with E-state index in [1.54, 1.807) is 4.68 Å². The van der Waals surface area contributed by atoms with Crippen molar-refractivity contribution in [2.45, 2.75) is 25.1 Å². The van der Waals surface area contributed by atoms with Crippen LogP contribution in [0.25, 0.3) is 16.9 Å². The maximum Gasteiger partial charge on any atom is 0.235 e. The zero-order chi connectivity index (χ0) is 21.1. The first-order valence-electron chi connectivity index (χ1n) is 9.45. The van der Waals surface area contributed by atoms with E-state index in [1.165, 1.54) is 28.7 Å². The van der Waals surface area contributed by atoms with Crippen LogP contribution in [0.4, 0.5) is 5.82 Å². The highest BCUT2D eigenvalue weighted by atomic mass is 32.2. The SMILES string of the molecule is Cc1ccc(C)c(-c2cc(NC(=O)CSc3nnc(C)s3)n(-c3ccccc3)n2)c1. The topological polar surface area (TPSA) is 72.7 Å². The molecule has 0 unspecified atom stereocenters. The third-order valence-electron chi connectivity index (χ3n) is 4.48. The second kappa shape index (κ2) is 8.81. The number of anilines is 1. The molecule has 30 heavy (non-hydrogen) atoms. The third-order valence-corrected chi connectivity index (χ3v) is 6.45. The highest BCUT2D eigenvalue weighted by Crippen LogP contribution is 2.28. The van der Waals surface area contributed by atoms with Gasteiger partial charge in [-0.25, -0.2) is 4.68 Å². The second-order valence-corrected chi connectivity index (χ2v) is 9.31. The molecule has 6 nitrogen and oxygen atoms in total. The highest BCUT2D eigenvalue weighted by Gasteiger charge is 2.16. The summed E-state index contributed by atoms with van der Waals surface area (Å²) in [4.78, 5) is 12.6. The molecule has 0 saturated carbocycles. The second-order valence-electron chi connectivity index (χ2n) is 6.90. The van der Waals surface area contributed by atoms with Crippen LogP contribution in [0.5, 0.6) is 0 Å². The van der Waals surface area contributed by atoms with Crippen LogP contribution in [-0.2, 0) is 4.79 Å². The number of aryl methyl sites for hydroxylation is 3. The third kappa shape index (κ3) is 4.60. The lowest BCUT2D eigenvalue weighted by molar-refractivity contribution is -0.113. The molecule has 2 heterocycles. The van der Waals surface area contributed by atoms with Gasteiger partial charge in [0.05, 0.1) is 17.1 Å². The van der Waals surface area contributed by atoms with Crippen LogP contribution >= 0.6 is 23.1 Å². The first kappa shape index (κ1) is 20.3. The number of benzene rings is 2. The number of nitrogens with one attached hydrogen (secondary N) is 1. The molecule has 152 valence electrons. The Morgan fingerprint density at radius 3 is 2.60 bits per heavy atom. The van der Waals surface area contributed by atoms with E-state index in [9.17, 15) is 4.79 Å². The fourth-order valence-corrected chi connectivity index (χ4v) is 4.64. The van der Waals surface area contributed by atoms with Gasteiger partial charge in [-0.05, 0) is 44.5 Å². The molecule has 0 aliphatic carbocycles. The van der Waals surface area contributed by atoms with Crippen molar-refractivity contribution in [3.05, 3.63) is 70.7 Å². The van der Waals surface area contributed by atoms with Crippen LogP contribution in [0.2, 0.25) is 0 Å².